The van der Waals surface area contributed by atoms with Crippen LogP contribution in [0.15, 0.2) is 52.3 Å². The Morgan fingerprint density at radius 3 is 2.47 bits per heavy atom. The highest BCUT2D eigenvalue weighted by Crippen LogP contribution is 2.29. The van der Waals surface area contributed by atoms with E-state index >= 15 is 0 Å². The van der Waals surface area contributed by atoms with Crippen LogP contribution in [0.5, 0.6) is 0 Å². The molecule has 2 aromatic carbocycles. The van der Waals surface area contributed by atoms with E-state index in [0.29, 0.717) is 0 Å². The van der Waals surface area contributed by atoms with Crippen LogP contribution >= 0.6 is 0 Å². The molecule has 1 atom stereocenters. The van der Waals surface area contributed by atoms with Gasteiger partial charge in [0.1, 0.15) is 5.82 Å². The quantitative estimate of drug-likeness (QED) is 0.614. The van der Waals surface area contributed by atoms with Crippen LogP contribution in [0.4, 0.5) is 4.39 Å². The number of rotatable bonds is 0. The average Bonchev–Trinajstić information content (AvgIpc) is 2.48. The Morgan fingerprint density at radius 1 is 0.882 bits per heavy atom. The van der Waals surface area contributed by atoms with Gasteiger partial charge in [-0.05, 0) is 46.1 Å². The largest absolute Gasteiger partial charge is 0.271 e. The number of hydrogen-bond acceptors (Lipinski definition) is 1. The second-order valence-electron chi connectivity index (χ2n) is 3.86. The Kier molecular flexibility index (Phi) is 2.41. The Bertz CT molecular complexity index is 646. The second-order valence-corrected chi connectivity index (χ2v) is 5.35. The molecule has 0 aliphatic carbocycles. The molecule has 1 N–H and O–H groups in total. The summed E-state index contributed by atoms with van der Waals surface area (Å²) in [6, 6.07) is 12.5. The molecule has 1 nitrogen and oxygen atoms in total. The maximum atomic E-state index is 13.2. The van der Waals surface area contributed by atoms with Crippen molar-refractivity contribution in [2.45, 2.75) is 9.79 Å². The minimum absolute atomic E-state index is 0.253. The molecule has 3 rings (SSSR count). The van der Waals surface area contributed by atoms with Crippen LogP contribution in [0, 0.1) is 10.6 Å². The smallest absolute Gasteiger partial charge is 0.123 e. The van der Waals surface area contributed by atoms with Gasteiger partial charge in [0.05, 0.1) is 0 Å². The maximum Gasteiger partial charge on any atom is 0.123 e. The molecule has 0 radical (unpaired) electrons. The molecular weight excluding hydrogens is 233 g/mol. The number of nitrogens with one attached hydrogen (secondary N) is 1. The lowest BCUT2D eigenvalue weighted by Gasteiger charge is -2.08. The van der Waals surface area contributed by atoms with E-state index < -0.39 is 10.7 Å². The summed E-state index contributed by atoms with van der Waals surface area (Å²) in [6.07, 6.45) is 3.84. The van der Waals surface area contributed by atoms with Crippen LogP contribution in [0.25, 0.3) is 12.2 Å². The molecule has 2 aromatic rings. The molecule has 0 bridgehead atoms. The molecule has 0 amide bonds. The molecule has 0 saturated carbocycles. The van der Waals surface area contributed by atoms with Crippen molar-refractivity contribution in [3.8, 4) is 0 Å². The summed E-state index contributed by atoms with van der Waals surface area (Å²) in [5.41, 5.74) is 1.85. The van der Waals surface area contributed by atoms with Crippen molar-refractivity contribution in [1.82, 2.24) is 0 Å². The summed E-state index contributed by atoms with van der Waals surface area (Å²) in [7, 11) is -0.745. The van der Waals surface area contributed by atoms with Gasteiger partial charge in [-0.1, -0.05) is 30.4 Å². The Morgan fingerprint density at radius 2 is 1.59 bits per heavy atom. The fraction of sp³-hybridized carbons (Fsp3) is 0. The van der Waals surface area contributed by atoms with Crippen LogP contribution < -0.4 is 0 Å². The van der Waals surface area contributed by atoms with E-state index in [0.717, 1.165) is 20.9 Å². The summed E-state index contributed by atoms with van der Waals surface area (Å²) in [6.45, 7) is 0. The van der Waals surface area contributed by atoms with E-state index in [1.165, 1.54) is 12.1 Å². The van der Waals surface area contributed by atoms with Gasteiger partial charge in [-0.3, -0.25) is 4.78 Å². The van der Waals surface area contributed by atoms with Crippen LogP contribution in [0.3, 0.4) is 0 Å². The van der Waals surface area contributed by atoms with Crippen molar-refractivity contribution in [2.24, 2.45) is 0 Å². The molecule has 0 saturated heterocycles. The standard InChI is InChI=1S/C14H10FNS/c15-12-7-8-14-11(9-12)6-5-10-3-1-2-4-13(10)17(14)16/h1-9,16H. The van der Waals surface area contributed by atoms with Crippen molar-refractivity contribution in [1.29, 1.82) is 4.78 Å². The summed E-state index contributed by atoms with van der Waals surface area (Å²) < 4.78 is 21.5. The van der Waals surface area contributed by atoms with Gasteiger partial charge in [0.25, 0.3) is 0 Å². The number of halogens is 1. The highest BCUT2D eigenvalue weighted by atomic mass is 32.2. The molecule has 1 unspecified atom stereocenters. The predicted molar refractivity (Wildman–Crippen MR) is 68.4 cm³/mol. The van der Waals surface area contributed by atoms with Gasteiger partial charge in [0.15, 0.2) is 0 Å². The Labute approximate surface area is 102 Å². The van der Waals surface area contributed by atoms with Crippen molar-refractivity contribution in [2.75, 3.05) is 0 Å². The first kappa shape index (κ1) is 10.4. The van der Waals surface area contributed by atoms with Gasteiger partial charge in [0, 0.05) is 9.79 Å². The third kappa shape index (κ3) is 1.72. The van der Waals surface area contributed by atoms with E-state index in [-0.39, 0.29) is 5.82 Å². The van der Waals surface area contributed by atoms with Crippen LogP contribution in [-0.4, -0.2) is 0 Å². The first-order valence-corrected chi connectivity index (χ1v) is 6.50. The molecule has 17 heavy (non-hydrogen) atoms. The molecule has 0 spiro atoms. The zero-order chi connectivity index (χ0) is 11.8. The van der Waals surface area contributed by atoms with Gasteiger partial charge >= 0.3 is 0 Å². The molecule has 1 aliphatic rings. The summed E-state index contributed by atoms with van der Waals surface area (Å²) in [4.78, 5) is 1.88. The van der Waals surface area contributed by atoms with Crippen molar-refractivity contribution in [3.05, 3.63) is 59.4 Å². The maximum absolute atomic E-state index is 13.2. The molecule has 1 aliphatic heterocycles. The van der Waals surface area contributed by atoms with E-state index in [1.54, 1.807) is 6.07 Å². The van der Waals surface area contributed by atoms with Crippen molar-refractivity contribution in [3.63, 3.8) is 0 Å². The molecule has 3 heteroatoms. The normalized spacial score (nSPS) is 17.1. The summed E-state index contributed by atoms with van der Waals surface area (Å²) >= 11 is 0. The fourth-order valence-electron chi connectivity index (χ4n) is 1.94. The number of hydrogen-bond donors (Lipinski definition) is 1. The first-order valence-electron chi connectivity index (χ1n) is 5.28. The third-order valence-electron chi connectivity index (χ3n) is 2.77. The predicted octanol–water partition coefficient (Wildman–Crippen LogP) is 4.11. The van der Waals surface area contributed by atoms with Crippen molar-refractivity contribution < 1.29 is 4.39 Å². The zero-order valence-electron chi connectivity index (χ0n) is 8.98. The van der Waals surface area contributed by atoms with Crippen LogP contribution in [0.2, 0.25) is 0 Å². The van der Waals surface area contributed by atoms with E-state index in [1.807, 2.05) is 36.4 Å². The van der Waals surface area contributed by atoms with Gasteiger partial charge in [-0.2, -0.15) is 0 Å². The Balaban J connectivity index is 2.28. The van der Waals surface area contributed by atoms with Crippen molar-refractivity contribution >= 4 is 22.8 Å². The lowest BCUT2D eigenvalue weighted by molar-refractivity contribution is 0.626. The number of fused-ring (bicyclic) bond motifs is 2. The van der Waals surface area contributed by atoms with E-state index in [4.69, 9.17) is 4.78 Å². The third-order valence-corrected chi connectivity index (χ3v) is 4.40. The van der Waals surface area contributed by atoms with Gasteiger partial charge in [-0.15, -0.1) is 0 Å². The molecule has 1 heterocycles. The van der Waals surface area contributed by atoms with Gasteiger partial charge in [0.2, 0.25) is 0 Å². The highest BCUT2D eigenvalue weighted by molar-refractivity contribution is 7.86. The van der Waals surface area contributed by atoms with E-state index in [2.05, 4.69) is 0 Å². The zero-order valence-corrected chi connectivity index (χ0v) is 9.80. The average molecular weight is 243 g/mol. The minimum atomic E-state index is -0.745. The topological polar surface area (TPSA) is 23.9 Å². The van der Waals surface area contributed by atoms with E-state index in [9.17, 15) is 4.39 Å². The van der Waals surface area contributed by atoms with Crippen LogP contribution in [0.1, 0.15) is 11.1 Å². The highest BCUT2D eigenvalue weighted by Gasteiger charge is 2.13. The Hall–Kier alpha value is -1.74. The SMILES string of the molecule is N=S1c2ccccc2C=Cc2cc(F)ccc21. The molecule has 84 valence electrons. The monoisotopic (exact) mass is 243 g/mol. The molecule has 0 aromatic heterocycles. The first-order chi connectivity index (χ1) is 8.25. The summed E-state index contributed by atoms with van der Waals surface area (Å²) in [5, 5.41) is 0. The summed E-state index contributed by atoms with van der Waals surface area (Å²) in [5.74, 6) is -0.253. The fourth-order valence-corrected chi connectivity index (χ4v) is 3.33. The molecular formula is C14H10FNS. The van der Waals surface area contributed by atoms with Gasteiger partial charge in [-0.25, -0.2) is 4.39 Å². The van der Waals surface area contributed by atoms with Gasteiger partial charge < -0.3 is 0 Å². The second kappa shape index (κ2) is 3.93. The lowest BCUT2D eigenvalue weighted by Crippen LogP contribution is -1.94. The molecule has 0 fully saturated rings. The van der Waals surface area contributed by atoms with Crippen LogP contribution in [-0.2, 0) is 10.7 Å². The number of benzene rings is 2. The lowest BCUT2D eigenvalue weighted by atomic mass is 10.1. The minimum Gasteiger partial charge on any atom is -0.271 e.